The van der Waals surface area contributed by atoms with Crippen molar-refractivity contribution in [1.82, 2.24) is 0 Å². The molecule has 0 saturated carbocycles. The van der Waals surface area contributed by atoms with Gasteiger partial charge in [0.05, 0.1) is 10.6 Å². The van der Waals surface area contributed by atoms with E-state index in [1.807, 2.05) is 19.1 Å². The first-order valence-corrected chi connectivity index (χ1v) is 8.37. The van der Waals surface area contributed by atoms with Gasteiger partial charge in [0, 0.05) is 22.4 Å². The van der Waals surface area contributed by atoms with E-state index in [9.17, 15) is 20.2 Å². The number of carbonyl (C=O) groups is 1. The topological polar surface area (TPSA) is 108 Å². The van der Waals surface area contributed by atoms with E-state index in [0.29, 0.717) is 5.69 Å². The van der Waals surface area contributed by atoms with Gasteiger partial charge in [-0.15, -0.1) is 0 Å². The molecular weight excluding hydrogens is 424 g/mol. The van der Waals surface area contributed by atoms with Crippen molar-refractivity contribution < 1.29 is 9.72 Å². The molecule has 2 aromatic rings. The van der Waals surface area contributed by atoms with Crippen LogP contribution in [0.5, 0.6) is 0 Å². The Hall–Kier alpha value is -2.89. The number of carbonyl (C=O) groups excluding carboxylic acids is 1. The van der Waals surface area contributed by atoms with Gasteiger partial charge in [-0.1, -0.05) is 17.7 Å². The molecule has 2 aromatic carbocycles. The summed E-state index contributed by atoms with van der Waals surface area (Å²) in [5.41, 5.74) is 1.35. The number of anilines is 2. The molecule has 0 heterocycles. The number of halogens is 2. The summed E-state index contributed by atoms with van der Waals surface area (Å²) in [5.74, 6) is -0.708. The standard InChI is InChI=1S/C17H12BrClN4O3/c1-10-2-5-15(13(18)6-10)21-9-11(8-20)17(24)22-12-3-4-14(19)16(7-12)23(25)26/h2-7,9,21H,1H3,(H,22,24)/b11-9-. The summed E-state index contributed by atoms with van der Waals surface area (Å²) in [7, 11) is 0. The molecule has 0 bridgehead atoms. The second-order valence-corrected chi connectivity index (χ2v) is 6.44. The lowest BCUT2D eigenvalue weighted by Crippen LogP contribution is -2.14. The molecule has 0 saturated heterocycles. The van der Waals surface area contributed by atoms with Gasteiger partial charge >= 0.3 is 0 Å². The number of hydrogen-bond acceptors (Lipinski definition) is 5. The molecule has 0 fully saturated rings. The number of nitrogens with one attached hydrogen (secondary N) is 2. The Balaban J connectivity index is 2.17. The van der Waals surface area contributed by atoms with Gasteiger partial charge < -0.3 is 10.6 Å². The minimum Gasteiger partial charge on any atom is -0.359 e. The van der Waals surface area contributed by atoms with Gasteiger partial charge in [-0.25, -0.2) is 0 Å². The zero-order valence-corrected chi connectivity index (χ0v) is 15.8. The average molecular weight is 436 g/mol. The van der Waals surface area contributed by atoms with Crippen LogP contribution in [-0.2, 0) is 4.79 Å². The van der Waals surface area contributed by atoms with E-state index in [4.69, 9.17) is 11.6 Å². The molecule has 26 heavy (non-hydrogen) atoms. The maximum Gasteiger partial charge on any atom is 0.289 e. The maximum atomic E-state index is 12.2. The lowest BCUT2D eigenvalue weighted by molar-refractivity contribution is -0.384. The van der Waals surface area contributed by atoms with E-state index in [-0.39, 0.29) is 22.0 Å². The molecule has 0 spiro atoms. The summed E-state index contributed by atoms with van der Waals surface area (Å²) in [6, 6.07) is 11.2. The molecule has 0 aromatic heterocycles. The van der Waals surface area contributed by atoms with Crippen molar-refractivity contribution in [3.05, 3.63) is 73.3 Å². The van der Waals surface area contributed by atoms with Crippen LogP contribution in [0.25, 0.3) is 0 Å². The molecule has 0 aliphatic rings. The van der Waals surface area contributed by atoms with Gasteiger partial charge in [0.1, 0.15) is 16.7 Å². The number of benzene rings is 2. The number of rotatable bonds is 5. The van der Waals surface area contributed by atoms with Gasteiger partial charge in [0.15, 0.2) is 0 Å². The summed E-state index contributed by atoms with van der Waals surface area (Å²) in [5, 5.41) is 25.3. The lowest BCUT2D eigenvalue weighted by Gasteiger charge is -2.07. The van der Waals surface area contributed by atoms with E-state index < -0.39 is 10.8 Å². The van der Waals surface area contributed by atoms with E-state index in [1.54, 1.807) is 12.1 Å². The van der Waals surface area contributed by atoms with Crippen molar-refractivity contribution in [3.63, 3.8) is 0 Å². The van der Waals surface area contributed by atoms with E-state index in [0.717, 1.165) is 16.1 Å². The second-order valence-electron chi connectivity index (χ2n) is 5.17. The van der Waals surface area contributed by atoms with E-state index in [1.165, 1.54) is 18.3 Å². The quantitative estimate of drug-likeness (QED) is 0.304. The van der Waals surface area contributed by atoms with Crippen LogP contribution in [0, 0.1) is 28.4 Å². The first kappa shape index (κ1) is 19.4. The Kier molecular flexibility index (Phi) is 6.33. The Bertz CT molecular complexity index is 954. The fourth-order valence-corrected chi connectivity index (χ4v) is 2.76. The molecule has 9 heteroatoms. The summed E-state index contributed by atoms with van der Waals surface area (Å²) >= 11 is 9.12. The predicted octanol–water partition coefficient (Wildman–Crippen LogP) is 4.78. The van der Waals surface area contributed by atoms with Gasteiger partial charge in [0.2, 0.25) is 0 Å². The highest BCUT2D eigenvalue weighted by Crippen LogP contribution is 2.27. The number of amides is 1. The minimum atomic E-state index is -0.708. The fourth-order valence-electron chi connectivity index (χ4n) is 1.96. The molecule has 0 radical (unpaired) electrons. The second kappa shape index (κ2) is 8.47. The summed E-state index contributed by atoms with van der Waals surface area (Å²) in [6.45, 7) is 1.93. The van der Waals surface area contributed by atoms with E-state index >= 15 is 0 Å². The first-order chi connectivity index (χ1) is 12.3. The molecule has 0 aliphatic carbocycles. The third-order valence-electron chi connectivity index (χ3n) is 3.26. The van der Waals surface area contributed by atoms with Gasteiger partial charge in [-0.3, -0.25) is 14.9 Å². The Morgan fingerprint density at radius 2 is 2.08 bits per heavy atom. The van der Waals surface area contributed by atoms with Crippen molar-refractivity contribution in [2.45, 2.75) is 6.92 Å². The minimum absolute atomic E-state index is 0.0464. The van der Waals surface area contributed by atoms with Crippen LogP contribution in [0.15, 0.2) is 52.6 Å². The molecule has 1 amide bonds. The summed E-state index contributed by atoms with van der Waals surface area (Å²) < 4.78 is 0.778. The lowest BCUT2D eigenvalue weighted by atomic mass is 10.2. The Morgan fingerprint density at radius 3 is 2.69 bits per heavy atom. The molecule has 2 rings (SSSR count). The largest absolute Gasteiger partial charge is 0.359 e. The molecular formula is C17H12BrClN4O3. The zero-order valence-electron chi connectivity index (χ0n) is 13.4. The van der Waals surface area contributed by atoms with Crippen molar-refractivity contribution in [3.8, 4) is 6.07 Å². The van der Waals surface area contributed by atoms with Gasteiger partial charge in [0.25, 0.3) is 11.6 Å². The van der Waals surface area contributed by atoms with Crippen molar-refractivity contribution >= 4 is 50.5 Å². The molecule has 7 nitrogen and oxygen atoms in total. The first-order valence-electron chi connectivity index (χ1n) is 7.20. The zero-order chi connectivity index (χ0) is 19.3. The monoisotopic (exact) mass is 434 g/mol. The van der Waals surface area contributed by atoms with Crippen LogP contribution >= 0.6 is 27.5 Å². The molecule has 0 aliphatic heterocycles. The third kappa shape index (κ3) is 4.81. The van der Waals surface area contributed by atoms with Crippen molar-refractivity contribution in [2.24, 2.45) is 0 Å². The van der Waals surface area contributed by atoms with Crippen LogP contribution < -0.4 is 10.6 Å². The summed E-state index contributed by atoms with van der Waals surface area (Å²) in [6.07, 6.45) is 1.26. The number of hydrogen-bond donors (Lipinski definition) is 2. The highest BCUT2D eigenvalue weighted by Gasteiger charge is 2.15. The number of nitro benzene ring substituents is 1. The van der Waals surface area contributed by atoms with Crippen LogP contribution in [-0.4, -0.2) is 10.8 Å². The van der Waals surface area contributed by atoms with Gasteiger partial charge in [-0.2, -0.15) is 5.26 Å². The highest BCUT2D eigenvalue weighted by atomic mass is 79.9. The predicted molar refractivity (Wildman–Crippen MR) is 103 cm³/mol. The van der Waals surface area contributed by atoms with Crippen LogP contribution in [0.4, 0.5) is 17.1 Å². The number of nitrogens with zero attached hydrogens (tertiary/aromatic N) is 2. The third-order valence-corrected chi connectivity index (χ3v) is 4.24. The smallest absolute Gasteiger partial charge is 0.289 e. The molecule has 132 valence electrons. The van der Waals surface area contributed by atoms with Crippen LogP contribution in [0.3, 0.4) is 0 Å². The summed E-state index contributed by atoms with van der Waals surface area (Å²) in [4.78, 5) is 22.5. The highest BCUT2D eigenvalue weighted by molar-refractivity contribution is 9.10. The Morgan fingerprint density at radius 1 is 1.35 bits per heavy atom. The van der Waals surface area contributed by atoms with Crippen LogP contribution in [0.2, 0.25) is 5.02 Å². The van der Waals surface area contributed by atoms with Gasteiger partial charge in [-0.05, 0) is 52.7 Å². The molecule has 0 unspecified atom stereocenters. The Labute approximate surface area is 162 Å². The fraction of sp³-hybridized carbons (Fsp3) is 0.0588. The van der Waals surface area contributed by atoms with Crippen molar-refractivity contribution in [2.75, 3.05) is 10.6 Å². The molecule has 2 N–H and O–H groups in total. The average Bonchev–Trinajstić information content (AvgIpc) is 2.58. The normalized spacial score (nSPS) is 10.8. The SMILES string of the molecule is Cc1ccc(N/C=C(/C#N)C(=O)Nc2ccc(Cl)c([N+](=O)[O-])c2)c(Br)c1. The number of nitro groups is 1. The number of aryl methyl sites for hydroxylation is 1. The van der Waals surface area contributed by atoms with Crippen molar-refractivity contribution in [1.29, 1.82) is 5.26 Å². The maximum absolute atomic E-state index is 12.2. The molecule has 0 atom stereocenters. The number of nitriles is 1. The van der Waals surface area contributed by atoms with Crippen LogP contribution in [0.1, 0.15) is 5.56 Å². The van der Waals surface area contributed by atoms with E-state index in [2.05, 4.69) is 26.6 Å².